The molecule has 0 aliphatic carbocycles. The molecule has 196 valence electrons. The maximum atomic E-state index is 12.9. The van der Waals surface area contributed by atoms with E-state index in [1.165, 1.54) is 0 Å². The van der Waals surface area contributed by atoms with Crippen molar-refractivity contribution in [3.05, 3.63) is 11.1 Å². The minimum absolute atomic E-state index is 0.00952. The number of nitrogens with one attached hydrogen (secondary N) is 2. The molecule has 0 saturated carbocycles. The van der Waals surface area contributed by atoms with E-state index in [0.29, 0.717) is 12.8 Å². The van der Waals surface area contributed by atoms with Gasteiger partial charge in [0.15, 0.2) is 0 Å². The van der Waals surface area contributed by atoms with Crippen LogP contribution in [-0.4, -0.2) is 44.3 Å². The first-order valence-electron chi connectivity index (χ1n) is 13.3. The molecular formula is C28H50N2O4. The van der Waals surface area contributed by atoms with Crippen molar-refractivity contribution in [3.63, 3.8) is 0 Å². The zero-order chi connectivity index (χ0) is 26.3. The molecule has 0 spiro atoms. The third-order valence-electron chi connectivity index (χ3n) is 10.3. The van der Waals surface area contributed by atoms with Crippen LogP contribution in [0.15, 0.2) is 11.1 Å². The first kappa shape index (κ1) is 28.8. The van der Waals surface area contributed by atoms with Crippen LogP contribution in [0.3, 0.4) is 0 Å². The molecule has 2 aliphatic rings. The SMILES string of the molecule is CCC1(C)CC(C(C(=O)O)=C(C(=O)O)C2CC(C)(CC)NC(C)(CC)C2C)C(C)C(C)(CC)N1. The quantitative estimate of drug-likeness (QED) is 0.338. The number of aliphatic carboxylic acids is 2. The van der Waals surface area contributed by atoms with Crippen molar-refractivity contribution >= 4 is 11.9 Å². The molecule has 2 aliphatic heterocycles. The summed E-state index contributed by atoms with van der Waals surface area (Å²) in [5, 5.41) is 28.8. The molecule has 4 N–H and O–H groups in total. The van der Waals surface area contributed by atoms with Crippen molar-refractivity contribution in [1.29, 1.82) is 0 Å². The van der Waals surface area contributed by atoms with E-state index >= 15 is 0 Å². The summed E-state index contributed by atoms with van der Waals surface area (Å²) in [7, 11) is 0. The van der Waals surface area contributed by atoms with Gasteiger partial charge >= 0.3 is 11.9 Å². The molecule has 0 aromatic rings. The Morgan fingerprint density at radius 2 is 0.971 bits per heavy atom. The summed E-state index contributed by atoms with van der Waals surface area (Å²) < 4.78 is 0. The van der Waals surface area contributed by atoms with Gasteiger partial charge in [0.25, 0.3) is 0 Å². The van der Waals surface area contributed by atoms with Crippen LogP contribution in [0.25, 0.3) is 0 Å². The molecular weight excluding hydrogens is 428 g/mol. The van der Waals surface area contributed by atoms with Crippen molar-refractivity contribution in [1.82, 2.24) is 10.6 Å². The van der Waals surface area contributed by atoms with Crippen LogP contribution in [0.2, 0.25) is 0 Å². The fraction of sp³-hybridized carbons (Fsp3) is 0.857. The van der Waals surface area contributed by atoms with Crippen LogP contribution in [0.1, 0.15) is 108 Å². The average Bonchev–Trinajstić information content (AvgIpc) is 2.77. The molecule has 0 radical (unpaired) electrons. The number of piperidine rings is 2. The third kappa shape index (κ3) is 5.09. The summed E-state index contributed by atoms with van der Waals surface area (Å²) in [6.07, 6.45) is 4.64. The van der Waals surface area contributed by atoms with Crippen molar-refractivity contribution in [2.75, 3.05) is 0 Å². The highest BCUT2D eigenvalue weighted by Crippen LogP contribution is 2.49. The molecule has 6 heteroatoms. The summed E-state index contributed by atoms with van der Waals surface area (Å²) in [5.74, 6) is -2.83. The molecule has 2 rings (SSSR count). The second-order valence-electron chi connectivity index (χ2n) is 12.3. The Morgan fingerprint density at radius 3 is 1.18 bits per heavy atom. The van der Waals surface area contributed by atoms with Gasteiger partial charge in [0.1, 0.15) is 0 Å². The maximum Gasteiger partial charge on any atom is 0.332 e. The van der Waals surface area contributed by atoms with E-state index in [4.69, 9.17) is 0 Å². The van der Waals surface area contributed by atoms with E-state index in [-0.39, 0.29) is 57.0 Å². The highest BCUT2D eigenvalue weighted by atomic mass is 16.4. The Kier molecular flexibility index (Phi) is 8.42. The Balaban J connectivity index is 2.80. The highest BCUT2D eigenvalue weighted by Gasteiger charge is 2.53. The standard InChI is InChI=1S/C28H50N2O4/c1-11-25(7)15-19(17(5)27(9,13-3)29-25)21(23(31)32)22(24(33)34)20-16-26(8,12-2)30-28(10,14-4)18(20)6/h17-20,29-30H,11-16H2,1-10H3,(H,31,32)(H,33,34). The topological polar surface area (TPSA) is 98.7 Å². The van der Waals surface area contributed by atoms with Crippen LogP contribution < -0.4 is 10.6 Å². The lowest BCUT2D eigenvalue weighted by Crippen LogP contribution is -2.65. The molecule has 6 nitrogen and oxygen atoms in total. The van der Waals surface area contributed by atoms with Crippen LogP contribution in [0, 0.1) is 23.7 Å². The van der Waals surface area contributed by atoms with Gasteiger partial charge in [0.05, 0.1) is 11.1 Å². The van der Waals surface area contributed by atoms with E-state index in [0.717, 1.165) is 25.7 Å². The predicted octanol–water partition coefficient (Wildman–Crippen LogP) is 5.62. The number of hydrogen-bond donors (Lipinski definition) is 4. The summed E-state index contributed by atoms with van der Waals surface area (Å²) in [4.78, 5) is 25.9. The third-order valence-corrected chi connectivity index (χ3v) is 10.3. The lowest BCUT2D eigenvalue weighted by atomic mass is 9.59. The molecule has 8 atom stereocenters. The van der Waals surface area contributed by atoms with Gasteiger partial charge in [0, 0.05) is 22.2 Å². The smallest absolute Gasteiger partial charge is 0.332 e. The maximum absolute atomic E-state index is 12.9. The average molecular weight is 479 g/mol. The van der Waals surface area contributed by atoms with Crippen LogP contribution in [-0.2, 0) is 9.59 Å². The normalized spacial score (nSPS) is 43.8. The minimum atomic E-state index is -1.07. The Hall–Kier alpha value is -1.40. The van der Waals surface area contributed by atoms with Gasteiger partial charge in [-0.25, -0.2) is 9.59 Å². The van der Waals surface area contributed by atoms with E-state index in [9.17, 15) is 19.8 Å². The first-order valence-corrected chi connectivity index (χ1v) is 13.3. The van der Waals surface area contributed by atoms with Crippen molar-refractivity contribution in [2.24, 2.45) is 23.7 Å². The second kappa shape index (κ2) is 9.93. The fourth-order valence-corrected chi connectivity index (χ4v) is 6.86. The number of carbonyl (C=O) groups is 2. The highest BCUT2D eigenvalue weighted by molar-refractivity contribution is 5.99. The van der Waals surface area contributed by atoms with Gasteiger partial charge in [-0.2, -0.15) is 0 Å². The molecule has 0 aromatic carbocycles. The lowest BCUT2D eigenvalue weighted by molar-refractivity contribution is -0.138. The predicted molar refractivity (Wildman–Crippen MR) is 138 cm³/mol. The van der Waals surface area contributed by atoms with Crippen molar-refractivity contribution in [2.45, 2.75) is 130 Å². The molecule has 8 unspecified atom stereocenters. The second-order valence-corrected chi connectivity index (χ2v) is 12.3. The summed E-state index contributed by atoms with van der Waals surface area (Å²) >= 11 is 0. The van der Waals surface area contributed by atoms with Crippen molar-refractivity contribution < 1.29 is 19.8 Å². The number of carboxylic acids is 2. The largest absolute Gasteiger partial charge is 0.478 e. The van der Waals surface area contributed by atoms with Gasteiger partial charge in [-0.3, -0.25) is 0 Å². The molecule has 2 fully saturated rings. The number of carboxylic acid groups (broad SMARTS) is 2. The molecule has 0 bridgehead atoms. The Bertz CT molecular complexity index is 759. The minimum Gasteiger partial charge on any atom is -0.478 e. The summed E-state index contributed by atoms with van der Waals surface area (Å²) in [6.45, 7) is 21.3. The molecule has 2 heterocycles. The summed E-state index contributed by atoms with van der Waals surface area (Å²) in [5.41, 5.74) is -0.766. The zero-order valence-electron chi connectivity index (χ0n) is 23.3. The van der Waals surface area contributed by atoms with Gasteiger partial charge in [-0.1, -0.05) is 41.5 Å². The van der Waals surface area contributed by atoms with Crippen LogP contribution in [0.4, 0.5) is 0 Å². The first-order chi connectivity index (χ1) is 15.6. The fourth-order valence-electron chi connectivity index (χ4n) is 6.86. The van der Waals surface area contributed by atoms with Gasteiger partial charge in [0.2, 0.25) is 0 Å². The summed E-state index contributed by atoms with van der Waals surface area (Å²) in [6, 6.07) is 0. The molecule has 0 aromatic heterocycles. The number of hydrogen-bond acceptors (Lipinski definition) is 4. The van der Waals surface area contributed by atoms with E-state index in [1.807, 2.05) is 0 Å². The lowest BCUT2D eigenvalue weighted by Gasteiger charge is -2.55. The molecule has 2 saturated heterocycles. The Morgan fingerprint density at radius 1 is 0.676 bits per heavy atom. The Labute approximate surface area is 207 Å². The van der Waals surface area contributed by atoms with Crippen molar-refractivity contribution in [3.8, 4) is 0 Å². The monoisotopic (exact) mass is 478 g/mol. The van der Waals surface area contributed by atoms with Crippen LogP contribution in [0.5, 0.6) is 0 Å². The van der Waals surface area contributed by atoms with Gasteiger partial charge in [-0.15, -0.1) is 0 Å². The van der Waals surface area contributed by atoms with E-state index < -0.39 is 11.9 Å². The van der Waals surface area contributed by atoms with Gasteiger partial charge < -0.3 is 20.8 Å². The van der Waals surface area contributed by atoms with E-state index in [1.54, 1.807) is 0 Å². The van der Waals surface area contributed by atoms with Crippen LogP contribution >= 0.6 is 0 Å². The number of rotatable bonds is 8. The van der Waals surface area contributed by atoms with Gasteiger partial charge in [-0.05, 0) is 89.9 Å². The molecule has 0 amide bonds. The molecule has 34 heavy (non-hydrogen) atoms. The van der Waals surface area contributed by atoms with E-state index in [2.05, 4.69) is 79.9 Å². The zero-order valence-corrected chi connectivity index (χ0v) is 23.3.